The average molecular weight is 476 g/mol. The Balaban J connectivity index is 1.34. The Labute approximate surface area is 200 Å². The van der Waals surface area contributed by atoms with Gasteiger partial charge in [-0.05, 0) is 55.7 Å². The van der Waals surface area contributed by atoms with Crippen LogP contribution in [0.3, 0.4) is 0 Å². The number of anilines is 4. The highest BCUT2D eigenvalue weighted by molar-refractivity contribution is 5.78. The molecule has 0 atom stereocenters. The van der Waals surface area contributed by atoms with E-state index in [4.69, 9.17) is 4.42 Å². The highest BCUT2D eigenvalue weighted by atomic mass is 19.1. The second-order valence-corrected chi connectivity index (χ2v) is 8.02. The first-order valence-corrected chi connectivity index (χ1v) is 11.3. The normalized spacial score (nSPS) is 13.8. The van der Waals surface area contributed by atoms with E-state index in [1.165, 1.54) is 24.8 Å². The summed E-state index contributed by atoms with van der Waals surface area (Å²) in [5, 5.41) is 7.37. The molecule has 0 spiro atoms. The van der Waals surface area contributed by atoms with E-state index in [-0.39, 0.29) is 17.3 Å². The topological polar surface area (TPSA) is 91.5 Å². The number of aromatic nitrogens is 3. The van der Waals surface area contributed by atoms with Gasteiger partial charge in [-0.2, -0.15) is 20.1 Å². The number of hydrazone groups is 1. The summed E-state index contributed by atoms with van der Waals surface area (Å²) in [6.07, 6.45) is 4.80. The molecule has 2 aromatic heterocycles. The quantitative estimate of drug-likeness (QED) is 0.266. The summed E-state index contributed by atoms with van der Waals surface area (Å²) in [4.78, 5) is 15.7. The van der Waals surface area contributed by atoms with E-state index >= 15 is 0 Å². The standard InChI is InChI=1S/C25H23F2N7O/c26-17-9-11-20(21(27)15-17)22-12-10-19(35-22)16-28-33-24-30-23(29-18-7-3-1-4-8-18)31-25(32-24)34-13-5-2-6-14-34/h1,3-4,7-12,15-16H,2,5-6,13-14H2,(H2,29,30,31,32,33)/b28-16-. The molecule has 0 aliphatic carbocycles. The summed E-state index contributed by atoms with van der Waals surface area (Å²) < 4.78 is 32.8. The molecule has 0 amide bonds. The van der Waals surface area contributed by atoms with Crippen LogP contribution in [0.5, 0.6) is 0 Å². The van der Waals surface area contributed by atoms with Gasteiger partial charge in [0.2, 0.25) is 17.8 Å². The van der Waals surface area contributed by atoms with Crippen LogP contribution < -0.4 is 15.6 Å². The van der Waals surface area contributed by atoms with Crippen molar-refractivity contribution < 1.29 is 13.2 Å². The van der Waals surface area contributed by atoms with E-state index in [1.54, 1.807) is 12.1 Å². The minimum atomic E-state index is -0.699. The second kappa shape index (κ2) is 10.3. The first kappa shape index (κ1) is 22.5. The maximum absolute atomic E-state index is 14.0. The molecule has 0 bridgehead atoms. The van der Waals surface area contributed by atoms with Crippen LogP contribution in [-0.2, 0) is 0 Å². The van der Waals surface area contributed by atoms with Crippen LogP contribution in [-0.4, -0.2) is 34.3 Å². The summed E-state index contributed by atoms with van der Waals surface area (Å²) in [5.41, 5.74) is 3.85. The molecule has 10 heteroatoms. The summed E-state index contributed by atoms with van der Waals surface area (Å²) in [7, 11) is 0. The van der Waals surface area contributed by atoms with E-state index in [1.807, 2.05) is 30.3 Å². The van der Waals surface area contributed by atoms with Crippen molar-refractivity contribution in [1.82, 2.24) is 15.0 Å². The predicted molar refractivity (Wildman–Crippen MR) is 131 cm³/mol. The van der Waals surface area contributed by atoms with Crippen molar-refractivity contribution in [3.8, 4) is 11.3 Å². The maximum atomic E-state index is 14.0. The van der Waals surface area contributed by atoms with Gasteiger partial charge in [-0.1, -0.05) is 18.2 Å². The number of hydrogen-bond acceptors (Lipinski definition) is 8. The lowest BCUT2D eigenvalue weighted by molar-refractivity contribution is 0.556. The van der Waals surface area contributed by atoms with Crippen molar-refractivity contribution in [3.63, 3.8) is 0 Å². The summed E-state index contributed by atoms with van der Waals surface area (Å²) in [6, 6.07) is 16.2. The smallest absolute Gasteiger partial charge is 0.250 e. The molecule has 35 heavy (non-hydrogen) atoms. The molecule has 0 radical (unpaired) electrons. The number of hydrogen-bond donors (Lipinski definition) is 2. The van der Waals surface area contributed by atoms with Gasteiger partial charge >= 0.3 is 0 Å². The van der Waals surface area contributed by atoms with Crippen molar-refractivity contribution in [3.05, 3.63) is 78.1 Å². The third kappa shape index (κ3) is 5.60. The first-order chi connectivity index (χ1) is 17.1. The minimum Gasteiger partial charge on any atom is -0.455 e. The summed E-state index contributed by atoms with van der Waals surface area (Å²) in [5.74, 6) is 0.544. The maximum Gasteiger partial charge on any atom is 0.250 e. The second-order valence-electron chi connectivity index (χ2n) is 8.02. The lowest BCUT2D eigenvalue weighted by Crippen LogP contribution is -2.31. The molecule has 8 nitrogen and oxygen atoms in total. The van der Waals surface area contributed by atoms with Crippen molar-refractivity contribution >= 4 is 29.7 Å². The van der Waals surface area contributed by atoms with Crippen molar-refractivity contribution in [2.45, 2.75) is 19.3 Å². The molecule has 3 heterocycles. The number of furan rings is 1. The molecule has 0 saturated carbocycles. The van der Waals surface area contributed by atoms with E-state index in [2.05, 4.69) is 35.7 Å². The fourth-order valence-corrected chi connectivity index (χ4v) is 3.77. The predicted octanol–water partition coefficient (Wildman–Crippen LogP) is 5.59. The molecular formula is C25H23F2N7O. The van der Waals surface area contributed by atoms with Crippen molar-refractivity contribution in [2.24, 2.45) is 5.10 Å². The van der Waals surface area contributed by atoms with Gasteiger partial charge < -0.3 is 14.6 Å². The summed E-state index contributed by atoms with van der Waals surface area (Å²) in [6.45, 7) is 1.76. The number of halogens is 2. The van der Waals surface area contributed by atoms with Crippen molar-refractivity contribution in [1.29, 1.82) is 0 Å². The number of piperidine rings is 1. The molecule has 1 saturated heterocycles. The number of nitrogens with one attached hydrogen (secondary N) is 2. The van der Waals surface area contributed by atoms with Gasteiger partial charge in [-0.15, -0.1) is 0 Å². The van der Waals surface area contributed by atoms with Gasteiger partial charge in [0.25, 0.3) is 0 Å². The molecule has 1 aliphatic heterocycles. The molecule has 0 unspecified atom stereocenters. The van der Waals surface area contributed by atoms with Crippen LogP contribution in [0, 0.1) is 11.6 Å². The zero-order valence-electron chi connectivity index (χ0n) is 18.8. The third-order valence-electron chi connectivity index (χ3n) is 5.47. The SMILES string of the molecule is Fc1ccc(-c2ccc(/C=N\Nc3nc(Nc4ccccc4)nc(N4CCCCC4)n3)o2)c(F)c1. The van der Waals surface area contributed by atoms with Gasteiger partial charge in [0.05, 0.1) is 11.8 Å². The van der Waals surface area contributed by atoms with Gasteiger partial charge in [0.15, 0.2) is 0 Å². The monoisotopic (exact) mass is 475 g/mol. The third-order valence-corrected chi connectivity index (χ3v) is 5.47. The molecule has 2 aromatic carbocycles. The largest absolute Gasteiger partial charge is 0.455 e. The van der Waals surface area contributed by atoms with Crippen LogP contribution in [0.1, 0.15) is 25.0 Å². The Hall–Kier alpha value is -4.34. The van der Waals surface area contributed by atoms with E-state index in [0.29, 0.717) is 17.7 Å². The molecule has 1 fully saturated rings. The molecule has 5 rings (SSSR count). The van der Waals surface area contributed by atoms with Crippen molar-refractivity contribution in [2.75, 3.05) is 28.7 Å². The highest BCUT2D eigenvalue weighted by Crippen LogP contribution is 2.25. The van der Waals surface area contributed by atoms with Crippen LogP contribution in [0.4, 0.5) is 32.3 Å². The number of para-hydroxylation sites is 1. The molecule has 1 aliphatic rings. The first-order valence-electron chi connectivity index (χ1n) is 11.3. The van der Waals surface area contributed by atoms with Crippen LogP contribution >= 0.6 is 0 Å². The van der Waals surface area contributed by atoms with E-state index < -0.39 is 11.6 Å². The Morgan fingerprint density at radius 1 is 0.886 bits per heavy atom. The lowest BCUT2D eigenvalue weighted by Gasteiger charge is -2.26. The minimum absolute atomic E-state index is 0.166. The zero-order chi connectivity index (χ0) is 24.0. The fraction of sp³-hybridized carbons (Fsp3) is 0.200. The molecule has 178 valence electrons. The Bertz CT molecular complexity index is 1320. The van der Waals surface area contributed by atoms with Gasteiger partial charge in [0, 0.05) is 24.8 Å². The van der Waals surface area contributed by atoms with Gasteiger partial charge in [-0.25, -0.2) is 14.2 Å². The van der Waals surface area contributed by atoms with E-state index in [0.717, 1.165) is 37.7 Å². The number of benzene rings is 2. The Morgan fingerprint density at radius 2 is 1.69 bits per heavy atom. The molecule has 4 aromatic rings. The lowest BCUT2D eigenvalue weighted by atomic mass is 10.1. The van der Waals surface area contributed by atoms with E-state index in [9.17, 15) is 8.78 Å². The average Bonchev–Trinajstić information content (AvgIpc) is 3.33. The fourth-order valence-electron chi connectivity index (χ4n) is 3.77. The van der Waals surface area contributed by atoms with Crippen LogP contribution in [0.15, 0.2) is 70.2 Å². The highest BCUT2D eigenvalue weighted by Gasteiger charge is 2.16. The summed E-state index contributed by atoms with van der Waals surface area (Å²) >= 11 is 0. The van der Waals surface area contributed by atoms with Gasteiger partial charge in [0.1, 0.15) is 23.2 Å². The molecule has 2 N–H and O–H groups in total. The number of rotatable bonds is 7. The number of nitrogens with zero attached hydrogens (tertiary/aromatic N) is 5. The molecular weight excluding hydrogens is 452 g/mol. The van der Waals surface area contributed by atoms with Crippen LogP contribution in [0.2, 0.25) is 0 Å². The van der Waals surface area contributed by atoms with Gasteiger partial charge in [-0.3, -0.25) is 0 Å². The Morgan fingerprint density at radius 3 is 2.49 bits per heavy atom. The van der Waals surface area contributed by atoms with Crippen LogP contribution in [0.25, 0.3) is 11.3 Å². The Kier molecular flexibility index (Phi) is 6.60. The zero-order valence-corrected chi connectivity index (χ0v) is 18.8.